The number of hydrogen-bond acceptors (Lipinski definition) is 8. The number of benzene rings is 2. The third-order valence-electron chi connectivity index (χ3n) is 5.86. The van der Waals surface area contributed by atoms with Crippen molar-refractivity contribution in [3.05, 3.63) is 77.9 Å². The first kappa shape index (κ1) is 30.0. The van der Waals surface area contributed by atoms with Gasteiger partial charge in [0.15, 0.2) is 18.0 Å². The Kier molecular flexibility index (Phi) is 10.1. The number of rotatable bonds is 10. The number of carboxylic acids is 2. The number of carbonyl (C=O) groups is 3. The number of ketones is 1. The molecule has 10 nitrogen and oxygen atoms in total. The van der Waals surface area contributed by atoms with Crippen LogP contribution >= 0.6 is 0 Å². The Hall–Kier alpha value is -4.54. The van der Waals surface area contributed by atoms with Crippen LogP contribution in [0.15, 0.2) is 66.7 Å². The number of carbonyl (C=O) groups excluding carboxylic acids is 1. The number of ether oxygens (including phenoxy) is 1. The fourth-order valence-electron chi connectivity index (χ4n) is 3.89. The number of aliphatic hydroxyl groups excluding tert-OH is 2. The summed E-state index contributed by atoms with van der Waals surface area (Å²) in [4.78, 5) is 37.7. The number of anilines is 1. The first-order chi connectivity index (χ1) is 19.0. The first-order valence-electron chi connectivity index (χ1n) is 12.7. The highest BCUT2D eigenvalue weighted by Gasteiger charge is 2.29. The average molecular weight is 549 g/mol. The van der Waals surface area contributed by atoms with Crippen molar-refractivity contribution in [3.63, 3.8) is 0 Å². The van der Waals surface area contributed by atoms with E-state index in [4.69, 9.17) is 30.1 Å². The third kappa shape index (κ3) is 7.10. The van der Waals surface area contributed by atoms with Crippen molar-refractivity contribution in [1.29, 1.82) is 0 Å². The predicted molar refractivity (Wildman–Crippen MR) is 150 cm³/mol. The normalized spacial score (nSPS) is 12.3. The number of nitrogens with zero attached hydrogens (tertiary/aromatic N) is 1. The van der Waals surface area contributed by atoms with Gasteiger partial charge in [-0.15, -0.1) is 0 Å². The summed E-state index contributed by atoms with van der Waals surface area (Å²) in [5, 5.41) is 37.1. The lowest BCUT2D eigenvalue weighted by Gasteiger charge is -2.09. The Balaban J connectivity index is 0.000000378. The van der Waals surface area contributed by atoms with Crippen LogP contribution in [0, 0.1) is 5.92 Å². The smallest absolute Gasteiger partial charge is 0.335 e. The van der Waals surface area contributed by atoms with Crippen molar-refractivity contribution >= 4 is 34.3 Å². The quantitative estimate of drug-likeness (QED) is 0.183. The average Bonchev–Trinajstić information content (AvgIpc) is 3.14. The molecule has 2 unspecified atom stereocenters. The Morgan fingerprint density at radius 3 is 2.17 bits per heavy atom. The zero-order valence-electron chi connectivity index (χ0n) is 22.4. The van der Waals surface area contributed by atoms with E-state index < -0.39 is 24.1 Å². The maximum Gasteiger partial charge on any atom is 0.335 e. The minimum atomic E-state index is -2.27. The Labute approximate surface area is 231 Å². The van der Waals surface area contributed by atoms with E-state index in [0.29, 0.717) is 29.4 Å². The molecule has 1 heterocycles. The van der Waals surface area contributed by atoms with Crippen LogP contribution in [-0.2, 0) is 9.59 Å². The molecule has 2 aliphatic rings. The summed E-state index contributed by atoms with van der Waals surface area (Å²) >= 11 is 0. The molecule has 1 aliphatic carbocycles. The Morgan fingerprint density at radius 2 is 1.55 bits per heavy atom. The van der Waals surface area contributed by atoms with Crippen LogP contribution in [0.2, 0.25) is 0 Å². The van der Waals surface area contributed by atoms with E-state index in [-0.39, 0.29) is 5.78 Å². The molecule has 10 heteroatoms. The number of aliphatic carboxylic acids is 2. The van der Waals surface area contributed by atoms with Crippen molar-refractivity contribution in [2.75, 3.05) is 18.5 Å². The topological polar surface area (TPSA) is 166 Å². The van der Waals surface area contributed by atoms with Gasteiger partial charge in [0.05, 0.1) is 29.1 Å². The van der Waals surface area contributed by atoms with Crippen LogP contribution in [0.3, 0.4) is 0 Å². The molecule has 0 amide bonds. The third-order valence-corrected chi connectivity index (χ3v) is 5.86. The second-order valence-corrected chi connectivity index (χ2v) is 9.34. The lowest BCUT2D eigenvalue weighted by Crippen LogP contribution is -2.39. The molecule has 2 aromatic rings. The summed E-state index contributed by atoms with van der Waals surface area (Å²) in [6, 6.07) is 21.2. The Bertz CT molecular complexity index is 1450. The fraction of sp³-hybridized carbons (Fsp3) is 0.267. The molecule has 2 aromatic carbocycles. The van der Waals surface area contributed by atoms with Crippen LogP contribution in [0.25, 0.3) is 22.2 Å². The van der Waals surface area contributed by atoms with Gasteiger partial charge in [-0.25, -0.2) is 14.6 Å². The summed E-state index contributed by atoms with van der Waals surface area (Å²) < 4.78 is 5.66. The lowest BCUT2D eigenvalue weighted by molar-refractivity contribution is -0.165. The van der Waals surface area contributed by atoms with Crippen molar-refractivity contribution < 1.29 is 39.5 Å². The molecule has 0 saturated carbocycles. The molecular weight excluding hydrogens is 516 g/mol. The highest BCUT2D eigenvalue weighted by atomic mass is 16.5. The number of aromatic nitrogens is 1. The zero-order chi connectivity index (χ0) is 29.4. The van der Waals surface area contributed by atoms with E-state index in [9.17, 15) is 14.4 Å². The largest absolute Gasteiger partial charge is 0.493 e. The van der Waals surface area contributed by atoms with Crippen molar-refractivity contribution in [1.82, 2.24) is 4.98 Å². The summed E-state index contributed by atoms with van der Waals surface area (Å²) in [6.07, 6.45) is -4.53. The van der Waals surface area contributed by atoms with Gasteiger partial charge in [0.2, 0.25) is 0 Å². The number of aliphatic hydroxyl groups is 2. The van der Waals surface area contributed by atoms with E-state index >= 15 is 0 Å². The van der Waals surface area contributed by atoms with E-state index in [2.05, 4.69) is 31.3 Å². The molecular formula is C30H32N2O8. The van der Waals surface area contributed by atoms with Gasteiger partial charge in [0.25, 0.3) is 0 Å². The molecule has 0 aromatic heterocycles. The Morgan fingerprint density at radius 1 is 0.900 bits per heavy atom. The monoisotopic (exact) mass is 548 g/mol. The van der Waals surface area contributed by atoms with Gasteiger partial charge in [0.1, 0.15) is 5.75 Å². The lowest BCUT2D eigenvalue weighted by atomic mass is 10.0. The van der Waals surface area contributed by atoms with Gasteiger partial charge in [-0.2, -0.15) is 0 Å². The molecule has 0 radical (unpaired) electrons. The zero-order valence-corrected chi connectivity index (χ0v) is 22.4. The summed E-state index contributed by atoms with van der Waals surface area (Å²) in [6.45, 7) is 7.67. The number of fused-ring (bicyclic) bond motifs is 3. The summed E-state index contributed by atoms with van der Waals surface area (Å²) in [5.41, 5.74) is 4.97. The molecule has 0 bridgehead atoms. The van der Waals surface area contributed by atoms with Gasteiger partial charge in [-0.1, -0.05) is 56.3 Å². The number of para-hydroxylation sites is 2. The second kappa shape index (κ2) is 13.5. The molecule has 5 N–H and O–H groups in total. The number of carboxylic acid groups (broad SMARTS) is 2. The second-order valence-electron chi connectivity index (χ2n) is 9.34. The van der Waals surface area contributed by atoms with Crippen LogP contribution in [0.1, 0.15) is 36.7 Å². The van der Waals surface area contributed by atoms with E-state index in [1.165, 1.54) is 0 Å². The standard InChI is InChI=1S/C26H26N2O2.C4H6O6/c1-4-30-24-14-6-5-10-21(24)26(29)18-9-7-11-19-20-12-8-13-22(27-16-17(2)3)25(20)28-23(19)15-18;5-1(3(7)8)2(6)4(9)10/h5-15,17,27H,4,16H2,1-3H3;1-2,5-6H,(H,7,8)(H,9,10). The summed E-state index contributed by atoms with van der Waals surface area (Å²) in [7, 11) is 0. The molecule has 210 valence electrons. The minimum Gasteiger partial charge on any atom is -0.493 e. The molecule has 0 fully saturated rings. The van der Waals surface area contributed by atoms with Crippen LogP contribution in [0.5, 0.6) is 5.75 Å². The SMILES string of the molecule is CCOc1ccccc1C(=O)c1cccc2c3cccc(NCC(C)C)c3nc-2c1.O=C(O)C(O)C(O)C(=O)O. The van der Waals surface area contributed by atoms with E-state index in [1.807, 2.05) is 55.5 Å². The number of hydrogen-bond donors (Lipinski definition) is 5. The van der Waals surface area contributed by atoms with Crippen molar-refractivity contribution in [3.8, 4) is 17.0 Å². The first-order valence-corrected chi connectivity index (χ1v) is 12.7. The highest BCUT2D eigenvalue weighted by Crippen LogP contribution is 2.35. The molecule has 4 rings (SSSR count). The van der Waals surface area contributed by atoms with E-state index in [0.717, 1.165) is 34.4 Å². The van der Waals surface area contributed by atoms with E-state index in [1.54, 1.807) is 6.07 Å². The van der Waals surface area contributed by atoms with Crippen LogP contribution in [0.4, 0.5) is 5.69 Å². The van der Waals surface area contributed by atoms with Crippen LogP contribution in [-0.4, -0.2) is 68.5 Å². The van der Waals surface area contributed by atoms with Gasteiger partial charge in [0, 0.05) is 23.1 Å². The van der Waals surface area contributed by atoms with Gasteiger partial charge >= 0.3 is 11.9 Å². The maximum atomic E-state index is 13.3. The van der Waals surface area contributed by atoms with Gasteiger partial charge in [-0.05, 0) is 37.1 Å². The molecule has 1 aliphatic heterocycles. The fourth-order valence-corrected chi connectivity index (χ4v) is 3.89. The molecule has 2 atom stereocenters. The van der Waals surface area contributed by atoms with Crippen molar-refractivity contribution in [2.24, 2.45) is 5.92 Å². The number of nitrogens with one attached hydrogen (secondary N) is 1. The van der Waals surface area contributed by atoms with Crippen molar-refractivity contribution in [2.45, 2.75) is 33.0 Å². The van der Waals surface area contributed by atoms with Crippen LogP contribution < -0.4 is 10.1 Å². The van der Waals surface area contributed by atoms with Gasteiger partial charge < -0.3 is 30.5 Å². The minimum absolute atomic E-state index is 0.0678. The predicted octanol–water partition coefficient (Wildman–Crippen LogP) is 3.91. The molecule has 0 saturated heterocycles. The molecule has 40 heavy (non-hydrogen) atoms. The van der Waals surface area contributed by atoms with Gasteiger partial charge in [-0.3, -0.25) is 4.79 Å². The highest BCUT2D eigenvalue weighted by molar-refractivity contribution is 6.12. The molecule has 0 spiro atoms. The maximum absolute atomic E-state index is 13.3. The summed E-state index contributed by atoms with van der Waals surface area (Å²) in [5.74, 6) is -2.46.